The van der Waals surface area contributed by atoms with Crippen molar-refractivity contribution in [3.8, 4) is 5.75 Å². The summed E-state index contributed by atoms with van der Waals surface area (Å²) in [5.41, 5.74) is 0.894. The minimum atomic E-state index is -0.369. The summed E-state index contributed by atoms with van der Waals surface area (Å²) in [5.74, 6) is 0.496. The van der Waals surface area contributed by atoms with Crippen LogP contribution < -0.4 is 4.74 Å². The third kappa shape index (κ3) is 3.88. The molecule has 3 rings (SSSR count). The molecular formula is C18H18FN3O3. The largest absolute Gasteiger partial charge is 0.487 e. The van der Waals surface area contributed by atoms with Gasteiger partial charge in [0.2, 0.25) is 0 Å². The number of aromatic nitrogens is 2. The minimum Gasteiger partial charge on any atom is -0.487 e. The molecule has 0 saturated carbocycles. The van der Waals surface area contributed by atoms with Crippen LogP contribution in [-0.4, -0.2) is 28.1 Å². The first-order valence-electron chi connectivity index (χ1n) is 7.78. The fourth-order valence-corrected chi connectivity index (χ4v) is 2.34. The Morgan fingerprint density at radius 3 is 2.92 bits per heavy atom. The van der Waals surface area contributed by atoms with Crippen LogP contribution in [0.3, 0.4) is 0 Å². The van der Waals surface area contributed by atoms with E-state index in [0.717, 1.165) is 0 Å². The van der Waals surface area contributed by atoms with E-state index >= 15 is 0 Å². The zero-order chi connectivity index (χ0) is 17.8. The van der Waals surface area contributed by atoms with E-state index in [1.54, 1.807) is 42.5 Å². The first-order valence-corrected chi connectivity index (χ1v) is 7.78. The molecule has 1 amide bonds. The van der Waals surface area contributed by atoms with E-state index in [1.807, 2.05) is 13.0 Å². The number of ether oxygens (including phenoxy) is 1. The smallest absolute Gasteiger partial charge is 0.274 e. The van der Waals surface area contributed by atoms with E-state index in [2.05, 4.69) is 10.2 Å². The topological polar surface area (TPSA) is 71.4 Å². The van der Waals surface area contributed by atoms with E-state index < -0.39 is 0 Å². The van der Waals surface area contributed by atoms with Crippen LogP contribution in [0.25, 0.3) is 0 Å². The number of furan rings is 1. The molecule has 1 unspecified atom stereocenters. The summed E-state index contributed by atoms with van der Waals surface area (Å²) in [4.78, 5) is 14.1. The molecule has 3 aromatic rings. The average Bonchev–Trinajstić information content (AvgIpc) is 3.30. The Kier molecular flexibility index (Phi) is 4.83. The summed E-state index contributed by atoms with van der Waals surface area (Å²) in [6, 6.07) is 10.9. The van der Waals surface area contributed by atoms with Gasteiger partial charge in [-0.05, 0) is 37.3 Å². The number of aromatic amines is 1. The Labute approximate surface area is 144 Å². The Hall–Kier alpha value is -3.09. The molecule has 0 aliphatic heterocycles. The molecule has 130 valence electrons. The van der Waals surface area contributed by atoms with E-state index in [-0.39, 0.29) is 30.1 Å². The van der Waals surface area contributed by atoms with E-state index in [0.29, 0.717) is 17.2 Å². The molecule has 0 aliphatic carbocycles. The maximum absolute atomic E-state index is 13.1. The third-order valence-corrected chi connectivity index (χ3v) is 3.90. The van der Waals surface area contributed by atoms with Crippen molar-refractivity contribution in [3.63, 3.8) is 0 Å². The standard InChI is InChI=1S/C18H18FN3O3/c1-12(17-7-4-8-24-17)22(2)18(23)16-10-14(20-21-16)11-25-15-6-3-5-13(19)9-15/h3-10,12H,11H2,1-2H3,(H,20,21). The molecular weight excluding hydrogens is 325 g/mol. The first kappa shape index (κ1) is 16.8. The zero-order valence-corrected chi connectivity index (χ0v) is 13.9. The van der Waals surface area contributed by atoms with Crippen LogP contribution >= 0.6 is 0 Å². The molecule has 6 nitrogen and oxygen atoms in total. The second-order valence-electron chi connectivity index (χ2n) is 5.63. The fraction of sp³-hybridized carbons (Fsp3) is 0.222. The molecule has 0 bridgehead atoms. The Morgan fingerprint density at radius 2 is 2.20 bits per heavy atom. The average molecular weight is 343 g/mol. The number of halogens is 1. The summed E-state index contributed by atoms with van der Waals surface area (Å²) >= 11 is 0. The Balaban J connectivity index is 1.63. The van der Waals surface area contributed by atoms with Gasteiger partial charge >= 0.3 is 0 Å². The second-order valence-corrected chi connectivity index (χ2v) is 5.63. The van der Waals surface area contributed by atoms with Gasteiger partial charge in [0.05, 0.1) is 18.0 Å². The summed E-state index contributed by atoms with van der Waals surface area (Å²) in [6.07, 6.45) is 1.57. The van der Waals surface area contributed by atoms with Crippen LogP contribution in [0.5, 0.6) is 5.75 Å². The quantitative estimate of drug-likeness (QED) is 0.743. The van der Waals surface area contributed by atoms with Gasteiger partial charge in [-0.15, -0.1) is 0 Å². The highest BCUT2D eigenvalue weighted by Gasteiger charge is 2.22. The van der Waals surface area contributed by atoms with Crippen molar-refractivity contribution in [1.82, 2.24) is 15.1 Å². The lowest BCUT2D eigenvalue weighted by atomic mass is 10.2. The van der Waals surface area contributed by atoms with Gasteiger partial charge in [0.25, 0.3) is 5.91 Å². The second kappa shape index (κ2) is 7.21. The summed E-state index contributed by atoms with van der Waals surface area (Å²) in [5, 5.41) is 6.79. The third-order valence-electron chi connectivity index (χ3n) is 3.90. The molecule has 7 heteroatoms. The van der Waals surface area contributed by atoms with Gasteiger partial charge < -0.3 is 14.1 Å². The van der Waals surface area contributed by atoms with Crippen LogP contribution in [0.4, 0.5) is 4.39 Å². The van der Waals surface area contributed by atoms with E-state index in [1.165, 1.54) is 12.1 Å². The zero-order valence-electron chi connectivity index (χ0n) is 13.9. The maximum atomic E-state index is 13.1. The molecule has 0 saturated heterocycles. The predicted molar refractivity (Wildman–Crippen MR) is 88.5 cm³/mol. The molecule has 0 spiro atoms. The molecule has 0 aliphatic rings. The lowest BCUT2D eigenvalue weighted by Gasteiger charge is -2.22. The van der Waals surface area contributed by atoms with E-state index in [9.17, 15) is 9.18 Å². The number of hydrogen-bond donors (Lipinski definition) is 1. The number of rotatable bonds is 6. The number of amides is 1. The first-order chi connectivity index (χ1) is 12.0. The fourth-order valence-electron chi connectivity index (χ4n) is 2.34. The monoisotopic (exact) mass is 343 g/mol. The van der Waals surface area contributed by atoms with Gasteiger partial charge in [0, 0.05) is 13.1 Å². The Bertz CT molecular complexity index is 845. The van der Waals surface area contributed by atoms with Crippen molar-refractivity contribution in [1.29, 1.82) is 0 Å². The highest BCUT2D eigenvalue weighted by atomic mass is 19.1. The number of hydrogen-bond acceptors (Lipinski definition) is 4. The number of H-pyrrole nitrogens is 1. The highest BCUT2D eigenvalue weighted by Crippen LogP contribution is 2.21. The van der Waals surface area contributed by atoms with E-state index in [4.69, 9.17) is 9.15 Å². The van der Waals surface area contributed by atoms with Crippen molar-refractivity contribution < 1.29 is 18.3 Å². The number of carbonyl (C=O) groups is 1. The Morgan fingerprint density at radius 1 is 1.36 bits per heavy atom. The number of benzene rings is 1. The highest BCUT2D eigenvalue weighted by molar-refractivity contribution is 5.92. The molecule has 2 heterocycles. The van der Waals surface area contributed by atoms with Crippen molar-refractivity contribution >= 4 is 5.91 Å². The van der Waals surface area contributed by atoms with Crippen molar-refractivity contribution in [2.75, 3.05) is 7.05 Å². The molecule has 1 aromatic carbocycles. The number of nitrogens with zero attached hydrogens (tertiary/aromatic N) is 2. The van der Waals surface area contributed by atoms with Crippen molar-refractivity contribution in [2.45, 2.75) is 19.6 Å². The molecule has 1 atom stereocenters. The van der Waals surface area contributed by atoms with Gasteiger partial charge in [0.1, 0.15) is 23.9 Å². The minimum absolute atomic E-state index is 0.154. The lowest BCUT2D eigenvalue weighted by molar-refractivity contribution is 0.0720. The van der Waals surface area contributed by atoms with Crippen LogP contribution in [0.15, 0.2) is 53.1 Å². The maximum Gasteiger partial charge on any atom is 0.274 e. The number of nitrogens with one attached hydrogen (secondary N) is 1. The molecule has 0 radical (unpaired) electrons. The summed E-state index contributed by atoms with van der Waals surface area (Å²) < 4.78 is 23.9. The molecule has 1 N–H and O–H groups in total. The van der Waals surface area contributed by atoms with Gasteiger partial charge in [-0.2, -0.15) is 5.10 Å². The number of carbonyl (C=O) groups excluding carboxylic acids is 1. The van der Waals surface area contributed by atoms with Gasteiger partial charge in [-0.25, -0.2) is 4.39 Å². The molecule has 25 heavy (non-hydrogen) atoms. The van der Waals surface area contributed by atoms with Crippen LogP contribution in [-0.2, 0) is 6.61 Å². The normalized spacial score (nSPS) is 12.0. The lowest BCUT2D eigenvalue weighted by Crippen LogP contribution is -2.29. The molecule has 0 fully saturated rings. The summed E-state index contributed by atoms with van der Waals surface area (Å²) in [7, 11) is 1.69. The van der Waals surface area contributed by atoms with Crippen molar-refractivity contribution in [3.05, 3.63) is 71.7 Å². The van der Waals surface area contributed by atoms with Crippen LogP contribution in [0.2, 0.25) is 0 Å². The molecule has 2 aromatic heterocycles. The summed E-state index contributed by atoms with van der Waals surface area (Å²) in [6.45, 7) is 2.03. The van der Waals surface area contributed by atoms with Crippen molar-refractivity contribution in [2.24, 2.45) is 0 Å². The van der Waals surface area contributed by atoms with Gasteiger partial charge in [0.15, 0.2) is 5.69 Å². The van der Waals surface area contributed by atoms with Crippen LogP contribution in [0.1, 0.15) is 34.9 Å². The predicted octanol–water partition coefficient (Wildman–Crippen LogP) is 3.55. The SMILES string of the molecule is CC(c1ccco1)N(C)C(=O)c1cc(COc2cccc(F)c2)[nH]n1. The van der Waals surface area contributed by atoms with Crippen LogP contribution in [0, 0.1) is 5.82 Å². The van der Waals surface area contributed by atoms with Gasteiger partial charge in [-0.1, -0.05) is 6.07 Å². The van der Waals surface area contributed by atoms with Gasteiger partial charge in [-0.3, -0.25) is 9.89 Å².